The van der Waals surface area contributed by atoms with Crippen molar-refractivity contribution in [1.82, 2.24) is 4.90 Å². The fraction of sp³-hybridized carbons (Fsp3) is 0.833. The van der Waals surface area contributed by atoms with Gasteiger partial charge in [-0.25, -0.2) is 0 Å². The Morgan fingerprint density at radius 1 is 1.38 bits per heavy atom. The molecule has 4 heteroatoms. The molecule has 0 heterocycles. The number of carbonyl (C=O) groups excluding carboxylic acids is 1. The van der Waals surface area contributed by atoms with Crippen LogP contribution in [0.25, 0.3) is 0 Å². The fourth-order valence-corrected chi connectivity index (χ4v) is 1.41. The lowest BCUT2D eigenvalue weighted by molar-refractivity contribution is -0.122. The second kappa shape index (κ2) is 8.50. The molecule has 0 bridgehead atoms. The Labute approximate surface area is 104 Å². The minimum Gasteiger partial charge on any atom is -0.470 e. The maximum Gasteiger partial charge on any atom is 0.258 e. The van der Waals surface area contributed by atoms with Crippen LogP contribution in [0.1, 0.15) is 39.5 Å². The summed E-state index contributed by atoms with van der Waals surface area (Å²) in [5, 5.41) is 0.446. The van der Waals surface area contributed by atoms with Gasteiger partial charge in [-0.3, -0.25) is 4.79 Å². The van der Waals surface area contributed by atoms with E-state index in [9.17, 15) is 4.79 Å². The molecule has 16 heavy (non-hydrogen) atoms. The molecular formula is C12H23NO2S. The second-order valence-electron chi connectivity index (χ2n) is 4.27. The standard InChI is InChI=1S/C12H23NO2S/c1-5-6-7-8-11(10(2)14)9-15-12(16)13(3)4/h11H,5-9H2,1-4H3. The van der Waals surface area contributed by atoms with E-state index < -0.39 is 0 Å². The third kappa shape index (κ3) is 6.77. The van der Waals surface area contributed by atoms with Crippen molar-refractivity contribution in [3.8, 4) is 0 Å². The summed E-state index contributed by atoms with van der Waals surface area (Å²) in [6, 6.07) is 0. The predicted octanol–water partition coefficient (Wildman–Crippen LogP) is 2.64. The number of rotatable bonds is 7. The molecular weight excluding hydrogens is 222 g/mol. The molecule has 0 spiro atoms. The van der Waals surface area contributed by atoms with Crippen LogP contribution in [0.3, 0.4) is 0 Å². The quantitative estimate of drug-likeness (QED) is 0.509. The van der Waals surface area contributed by atoms with Crippen LogP contribution in [-0.2, 0) is 9.53 Å². The van der Waals surface area contributed by atoms with Crippen molar-refractivity contribution in [1.29, 1.82) is 0 Å². The van der Waals surface area contributed by atoms with Gasteiger partial charge in [0.2, 0.25) is 0 Å². The number of Topliss-reactive ketones (excluding diaryl/α,β-unsaturated/α-hetero) is 1. The Morgan fingerprint density at radius 2 is 2.00 bits per heavy atom. The van der Waals surface area contributed by atoms with E-state index in [0.717, 1.165) is 12.8 Å². The zero-order valence-electron chi connectivity index (χ0n) is 10.8. The smallest absolute Gasteiger partial charge is 0.258 e. The van der Waals surface area contributed by atoms with E-state index in [-0.39, 0.29) is 11.7 Å². The van der Waals surface area contributed by atoms with E-state index in [1.807, 2.05) is 14.1 Å². The summed E-state index contributed by atoms with van der Waals surface area (Å²) < 4.78 is 5.39. The third-order valence-corrected chi connectivity index (χ3v) is 2.99. The van der Waals surface area contributed by atoms with Gasteiger partial charge in [-0.1, -0.05) is 26.2 Å². The van der Waals surface area contributed by atoms with Gasteiger partial charge in [-0.05, 0) is 25.6 Å². The highest BCUT2D eigenvalue weighted by Gasteiger charge is 2.15. The second-order valence-corrected chi connectivity index (χ2v) is 4.62. The average molecular weight is 245 g/mol. The Kier molecular flexibility index (Phi) is 8.16. The number of thiocarbonyl (C=S) groups is 1. The van der Waals surface area contributed by atoms with Crippen LogP contribution in [-0.4, -0.2) is 36.6 Å². The van der Waals surface area contributed by atoms with Crippen LogP contribution >= 0.6 is 12.2 Å². The lowest BCUT2D eigenvalue weighted by Gasteiger charge is -2.18. The summed E-state index contributed by atoms with van der Waals surface area (Å²) in [6.45, 7) is 4.19. The van der Waals surface area contributed by atoms with Crippen LogP contribution < -0.4 is 0 Å². The third-order valence-electron chi connectivity index (χ3n) is 2.50. The number of hydrogen-bond acceptors (Lipinski definition) is 3. The normalized spacial score (nSPS) is 12.0. The molecule has 0 saturated carbocycles. The van der Waals surface area contributed by atoms with Gasteiger partial charge in [0.1, 0.15) is 12.4 Å². The minimum atomic E-state index is -0.00977. The number of hydrogen-bond donors (Lipinski definition) is 0. The molecule has 0 saturated heterocycles. The van der Waals surface area contributed by atoms with Gasteiger partial charge in [0, 0.05) is 14.1 Å². The Hall–Kier alpha value is -0.640. The first-order valence-corrected chi connectivity index (χ1v) is 6.24. The number of ketones is 1. The van der Waals surface area contributed by atoms with Crippen LogP contribution in [0.2, 0.25) is 0 Å². The number of carbonyl (C=O) groups is 1. The molecule has 0 aromatic carbocycles. The molecule has 94 valence electrons. The maximum atomic E-state index is 11.4. The summed E-state index contributed by atoms with van der Waals surface area (Å²) in [4.78, 5) is 13.1. The molecule has 0 aliphatic carbocycles. The van der Waals surface area contributed by atoms with Crippen LogP contribution in [0.4, 0.5) is 0 Å². The Bertz CT molecular complexity index is 229. The molecule has 3 nitrogen and oxygen atoms in total. The number of unbranched alkanes of at least 4 members (excludes halogenated alkanes) is 2. The first-order valence-electron chi connectivity index (χ1n) is 5.83. The Balaban J connectivity index is 3.94. The summed E-state index contributed by atoms with van der Waals surface area (Å²) in [5.74, 6) is 0.183. The van der Waals surface area contributed by atoms with Crippen molar-refractivity contribution in [2.75, 3.05) is 20.7 Å². The molecule has 0 radical (unpaired) electrons. The number of ether oxygens (including phenoxy) is 1. The van der Waals surface area contributed by atoms with E-state index in [0.29, 0.717) is 11.8 Å². The molecule has 0 aromatic rings. The topological polar surface area (TPSA) is 29.5 Å². The van der Waals surface area contributed by atoms with E-state index >= 15 is 0 Å². The SMILES string of the molecule is CCCCCC(COC(=S)N(C)C)C(C)=O. The summed E-state index contributed by atoms with van der Waals surface area (Å²) in [5.41, 5.74) is 0. The zero-order chi connectivity index (χ0) is 12.6. The van der Waals surface area contributed by atoms with Crippen LogP contribution in [0.15, 0.2) is 0 Å². The van der Waals surface area contributed by atoms with Crippen molar-refractivity contribution >= 4 is 23.2 Å². The summed E-state index contributed by atoms with van der Waals surface area (Å²) in [7, 11) is 3.67. The highest BCUT2D eigenvalue weighted by Crippen LogP contribution is 2.12. The summed E-state index contributed by atoms with van der Waals surface area (Å²) >= 11 is 5.01. The lowest BCUT2D eigenvalue weighted by Crippen LogP contribution is -2.27. The van der Waals surface area contributed by atoms with Gasteiger partial charge < -0.3 is 9.64 Å². The van der Waals surface area contributed by atoms with Gasteiger partial charge in [-0.15, -0.1) is 0 Å². The van der Waals surface area contributed by atoms with Crippen LogP contribution in [0, 0.1) is 5.92 Å². The molecule has 0 N–H and O–H groups in total. The van der Waals surface area contributed by atoms with Crippen molar-refractivity contribution in [3.63, 3.8) is 0 Å². The van der Waals surface area contributed by atoms with Gasteiger partial charge in [-0.2, -0.15) is 0 Å². The van der Waals surface area contributed by atoms with Crippen molar-refractivity contribution in [2.45, 2.75) is 39.5 Å². The molecule has 0 amide bonds. The average Bonchev–Trinajstić information content (AvgIpc) is 2.21. The highest BCUT2D eigenvalue weighted by atomic mass is 32.1. The molecule has 1 atom stereocenters. The maximum absolute atomic E-state index is 11.4. The van der Waals surface area contributed by atoms with Crippen LogP contribution in [0.5, 0.6) is 0 Å². The summed E-state index contributed by atoms with van der Waals surface area (Å²) in [6.07, 6.45) is 4.32. The molecule has 0 fully saturated rings. The van der Waals surface area contributed by atoms with Crippen molar-refractivity contribution < 1.29 is 9.53 Å². The molecule has 1 unspecified atom stereocenters. The van der Waals surface area contributed by atoms with Gasteiger partial charge in [0.05, 0.1) is 5.92 Å². The first kappa shape index (κ1) is 15.4. The Morgan fingerprint density at radius 3 is 2.44 bits per heavy atom. The van der Waals surface area contributed by atoms with Crippen molar-refractivity contribution in [3.05, 3.63) is 0 Å². The molecule has 0 aliphatic rings. The molecule has 0 rings (SSSR count). The van der Waals surface area contributed by atoms with Gasteiger partial charge in [0.25, 0.3) is 5.17 Å². The number of nitrogens with zero attached hydrogens (tertiary/aromatic N) is 1. The van der Waals surface area contributed by atoms with Gasteiger partial charge >= 0.3 is 0 Å². The largest absolute Gasteiger partial charge is 0.470 e. The predicted molar refractivity (Wildman–Crippen MR) is 70.6 cm³/mol. The van der Waals surface area contributed by atoms with E-state index in [1.54, 1.807) is 11.8 Å². The van der Waals surface area contributed by atoms with E-state index in [1.165, 1.54) is 12.8 Å². The first-order chi connectivity index (χ1) is 7.49. The fourth-order valence-electron chi connectivity index (χ4n) is 1.35. The van der Waals surface area contributed by atoms with E-state index in [2.05, 4.69) is 6.92 Å². The molecule has 0 aliphatic heterocycles. The molecule has 0 aromatic heterocycles. The minimum absolute atomic E-state index is 0.00977. The lowest BCUT2D eigenvalue weighted by atomic mass is 9.98. The van der Waals surface area contributed by atoms with E-state index in [4.69, 9.17) is 17.0 Å². The monoisotopic (exact) mass is 245 g/mol. The van der Waals surface area contributed by atoms with Crippen molar-refractivity contribution in [2.24, 2.45) is 5.92 Å². The highest BCUT2D eigenvalue weighted by molar-refractivity contribution is 7.80. The van der Waals surface area contributed by atoms with Gasteiger partial charge in [0.15, 0.2) is 0 Å². The zero-order valence-corrected chi connectivity index (χ0v) is 11.6.